The molecule has 7 heteroatoms. The Morgan fingerprint density at radius 1 is 1.47 bits per heavy atom. The van der Waals surface area contributed by atoms with Gasteiger partial charge in [0.1, 0.15) is 0 Å². The smallest absolute Gasteiger partial charge is 0.418 e. The first-order chi connectivity index (χ1) is 7.90. The van der Waals surface area contributed by atoms with Gasteiger partial charge in [0.15, 0.2) is 0 Å². The molecule has 0 saturated carbocycles. The third-order valence-electron chi connectivity index (χ3n) is 1.89. The summed E-state index contributed by atoms with van der Waals surface area (Å²) in [6, 6.07) is 0.904. The quantitative estimate of drug-likeness (QED) is 0.771. The van der Waals surface area contributed by atoms with Crippen molar-refractivity contribution in [3.8, 4) is 5.88 Å². The van der Waals surface area contributed by atoms with Gasteiger partial charge < -0.3 is 9.47 Å². The van der Waals surface area contributed by atoms with Gasteiger partial charge in [-0.3, -0.25) is 0 Å². The van der Waals surface area contributed by atoms with Gasteiger partial charge in [-0.1, -0.05) is 0 Å². The zero-order valence-electron chi connectivity index (χ0n) is 9.17. The minimum Gasteiger partial charge on any atom is -0.481 e. The number of alkyl halides is 3. The highest BCUT2D eigenvalue weighted by Crippen LogP contribution is 2.33. The van der Waals surface area contributed by atoms with Crippen molar-refractivity contribution in [2.45, 2.75) is 13.1 Å². The number of pyridine rings is 1. The van der Waals surface area contributed by atoms with Crippen molar-refractivity contribution in [3.05, 3.63) is 23.4 Å². The van der Waals surface area contributed by atoms with Crippen LogP contribution >= 0.6 is 0 Å². The summed E-state index contributed by atoms with van der Waals surface area (Å²) in [6.45, 7) is 1.49. The Kier molecular flexibility index (Phi) is 3.93. The van der Waals surface area contributed by atoms with Crippen molar-refractivity contribution in [3.63, 3.8) is 0 Å². The number of carbonyl (C=O) groups is 1. The topological polar surface area (TPSA) is 48.4 Å². The van der Waals surface area contributed by atoms with E-state index in [0.29, 0.717) is 6.20 Å². The summed E-state index contributed by atoms with van der Waals surface area (Å²) in [4.78, 5) is 14.8. The molecule has 0 aliphatic carbocycles. The van der Waals surface area contributed by atoms with Crippen LogP contribution in [0, 0.1) is 0 Å². The second kappa shape index (κ2) is 5.03. The number of rotatable bonds is 3. The highest BCUT2D eigenvalue weighted by Gasteiger charge is 2.36. The van der Waals surface area contributed by atoms with Crippen LogP contribution in [0.5, 0.6) is 5.88 Å². The van der Waals surface area contributed by atoms with Gasteiger partial charge in [0.2, 0.25) is 5.88 Å². The molecule has 0 saturated heterocycles. The molecule has 0 aliphatic rings. The number of carbonyl (C=O) groups excluding carboxylic acids is 1. The Bertz CT molecular complexity index is 418. The second-order valence-corrected chi connectivity index (χ2v) is 2.99. The summed E-state index contributed by atoms with van der Waals surface area (Å²) in [5.74, 6) is -1.14. The van der Waals surface area contributed by atoms with Crippen LogP contribution in [0.15, 0.2) is 12.3 Å². The maximum absolute atomic E-state index is 12.6. The molecule has 4 nitrogen and oxygen atoms in total. The van der Waals surface area contributed by atoms with E-state index in [1.165, 1.54) is 14.0 Å². The van der Waals surface area contributed by atoms with Crippen molar-refractivity contribution in [1.82, 2.24) is 4.98 Å². The van der Waals surface area contributed by atoms with Crippen molar-refractivity contribution < 1.29 is 27.4 Å². The van der Waals surface area contributed by atoms with Crippen LogP contribution in [0.4, 0.5) is 13.2 Å². The molecule has 94 valence electrons. The van der Waals surface area contributed by atoms with E-state index < -0.39 is 23.3 Å². The van der Waals surface area contributed by atoms with Gasteiger partial charge in [0.25, 0.3) is 0 Å². The molecule has 0 radical (unpaired) electrons. The van der Waals surface area contributed by atoms with Crippen LogP contribution in [0.25, 0.3) is 0 Å². The molecule has 0 bridgehead atoms. The lowest BCUT2D eigenvalue weighted by atomic mass is 10.1. The van der Waals surface area contributed by atoms with Gasteiger partial charge in [0.05, 0.1) is 24.8 Å². The molecule has 1 aromatic rings. The van der Waals surface area contributed by atoms with E-state index >= 15 is 0 Å². The number of ether oxygens (including phenoxy) is 2. The first-order valence-electron chi connectivity index (χ1n) is 4.68. The molecule has 0 spiro atoms. The molecule has 0 unspecified atom stereocenters. The number of halogens is 3. The van der Waals surface area contributed by atoms with Crippen LogP contribution in [-0.2, 0) is 10.9 Å². The lowest BCUT2D eigenvalue weighted by Crippen LogP contribution is -2.16. The molecule has 0 atom stereocenters. The molecule has 0 fully saturated rings. The average Bonchev–Trinajstić information content (AvgIpc) is 2.27. The van der Waals surface area contributed by atoms with Crippen molar-refractivity contribution in [2.24, 2.45) is 0 Å². The molecular weight excluding hydrogens is 239 g/mol. The number of esters is 1. The van der Waals surface area contributed by atoms with E-state index in [4.69, 9.17) is 0 Å². The molecule has 1 rings (SSSR count). The first-order valence-corrected chi connectivity index (χ1v) is 4.68. The Morgan fingerprint density at radius 3 is 2.59 bits per heavy atom. The van der Waals surface area contributed by atoms with Gasteiger partial charge in [0, 0.05) is 12.3 Å². The number of methoxy groups -OCH3 is 1. The number of hydrogen-bond acceptors (Lipinski definition) is 4. The van der Waals surface area contributed by atoms with E-state index in [1.807, 2.05) is 0 Å². The molecule has 1 aromatic heterocycles. The predicted molar refractivity (Wildman–Crippen MR) is 51.7 cm³/mol. The Balaban J connectivity index is 3.26. The van der Waals surface area contributed by atoms with E-state index in [1.54, 1.807) is 0 Å². The molecule has 17 heavy (non-hydrogen) atoms. The van der Waals surface area contributed by atoms with E-state index in [2.05, 4.69) is 14.5 Å². The largest absolute Gasteiger partial charge is 0.481 e. The third-order valence-corrected chi connectivity index (χ3v) is 1.89. The average molecular weight is 249 g/mol. The van der Waals surface area contributed by atoms with E-state index in [-0.39, 0.29) is 12.5 Å². The SMILES string of the molecule is CCOC(=O)c1cc(OC)ncc1C(F)(F)F. The summed E-state index contributed by atoms with van der Waals surface area (Å²) in [7, 11) is 1.24. The highest BCUT2D eigenvalue weighted by molar-refractivity contribution is 5.91. The van der Waals surface area contributed by atoms with Gasteiger partial charge >= 0.3 is 12.1 Å². The lowest BCUT2D eigenvalue weighted by molar-refractivity contribution is -0.138. The van der Waals surface area contributed by atoms with Crippen LogP contribution in [0.2, 0.25) is 0 Å². The Morgan fingerprint density at radius 2 is 2.12 bits per heavy atom. The summed E-state index contributed by atoms with van der Waals surface area (Å²) in [5, 5.41) is 0. The molecular formula is C10H10F3NO3. The van der Waals surface area contributed by atoms with Crippen molar-refractivity contribution in [1.29, 1.82) is 0 Å². The fourth-order valence-electron chi connectivity index (χ4n) is 1.15. The molecule has 0 aliphatic heterocycles. The number of aromatic nitrogens is 1. The Hall–Kier alpha value is -1.79. The van der Waals surface area contributed by atoms with Crippen molar-refractivity contribution >= 4 is 5.97 Å². The lowest BCUT2D eigenvalue weighted by Gasteiger charge is -2.12. The zero-order valence-corrected chi connectivity index (χ0v) is 9.17. The normalized spacial score (nSPS) is 11.1. The first kappa shape index (κ1) is 13.3. The minimum absolute atomic E-state index is 0.0131. The Labute approximate surface area is 95.4 Å². The maximum Gasteiger partial charge on any atom is 0.418 e. The summed E-state index contributed by atoms with van der Waals surface area (Å²) in [5.41, 5.74) is -1.75. The van der Waals surface area contributed by atoms with Gasteiger partial charge in [-0.25, -0.2) is 9.78 Å². The fourth-order valence-corrected chi connectivity index (χ4v) is 1.15. The number of nitrogens with zero attached hydrogens (tertiary/aromatic N) is 1. The van der Waals surface area contributed by atoms with Crippen LogP contribution in [0.1, 0.15) is 22.8 Å². The third kappa shape index (κ3) is 3.08. The van der Waals surface area contributed by atoms with E-state index in [0.717, 1.165) is 6.07 Å². The minimum atomic E-state index is -4.67. The van der Waals surface area contributed by atoms with Crippen LogP contribution in [-0.4, -0.2) is 24.7 Å². The van der Waals surface area contributed by atoms with Gasteiger partial charge in [-0.15, -0.1) is 0 Å². The standard InChI is InChI=1S/C10H10F3NO3/c1-3-17-9(15)6-4-8(16-2)14-5-7(6)10(11,12)13/h4-5H,3H2,1-2H3. The van der Waals surface area contributed by atoms with Gasteiger partial charge in [-0.2, -0.15) is 13.2 Å². The summed E-state index contributed by atoms with van der Waals surface area (Å²) in [6.07, 6.45) is -4.12. The highest BCUT2D eigenvalue weighted by atomic mass is 19.4. The maximum atomic E-state index is 12.6. The molecule has 0 aromatic carbocycles. The van der Waals surface area contributed by atoms with Crippen LogP contribution in [0.3, 0.4) is 0 Å². The molecule has 0 amide bonds. The number of hydrogen-bond donors (Lipinski definition) is 0. The summed E-state index contributed by atoms with van der Waals surface area (Å²) < 4.78 is 47.0. The monoisotopic (exact) mass is 249 g/mol. The van der Waals surface area contributed by atoms with E-state index in [9.17, 15) is 18.0 Å². The van der Waals surface area contributed by atoms with Crippen molar-refractivity contribution in [2.75, 3.05) is 13.7 Å². The molecule has 1 heterocycles. The second-order valence-electron chi connectivity index (χ2n) is 2.99. The molecule has 0 N–H and O–H groups in total. The summed E-state index contributed by atoms with van der Waals surface area (Å²) >= 11 is 0. The van der Waals surface area contributed by atoms with Gasteiger partial charge in [-0.05, 0) is 6.92 Å². The van der Waals surface area contributed by atoms with Crippen LogP contribution < -0.4 is 4.74 Å². The fraction of sp³-hybridized carbons (Fsp3) is 0.400. The predicted octanol–water partition coefficient (Wildman–Crippen LogP) is 2.29. The zero-order chi connectivity index (χ0) is 13.1.